The van der Waals surface area contributed by atoms with Gasteiger partial charge in [-0.25, -0.2) is 13.6 Å². The molecule has 6 nitrogen and oxygen atoms in total. The summed E-state index contributed by atoms with van der Waals surface area (Å²) < 4.78 is 16.7. The molecule has 0 amide bonds. The zero-order chi connectivity index (χ0) is 17.1. The van der Waals surface area contributed by atoms with Gasteiger partial charge >= 0.3 is 0 Å². The van der Waals surface area contributed by atoms with Gasteiger partial charge in [0.25, 0.3) is 0 Å². The third kappa shape index (κ3) is 4.52. The van der Waals surface area contributed by atoms with E-state index in [9.17, 15) is 4.39 Å². The molecule has 1 aromatic carbocycles. The van der Waals surface area contributed by atoms with Gasteiger partial charge in [-0.3, -0.25) is 0 Å². The van der Waals surface area contributed by atoms with Gasteiger partial charge in [-0.15, -0.1) is 5.11 Å². The first-order valence-electron chi connectivity index (χ1n) is 7.15. The lowest BCUT2D eigenvalue weighted by atomic mass is 10.3. The molecule has 130 valence electrons. The predicted octanol–water partition coefficient (Wildman–Crippen LogP) is 0.550. The highest BCUT2D eigenvalue weighted by atomic mass is 35.5. The standard InChI is InChI=1S/C16H15ClFN6.ClH/c1-23-6-2-3-11(9-23)10-24-16(19)15(8-20-24)22-21-12-4-5-14(18)13(17)7-12;/h2-9H,10,19H2,1H3;1H/q+1;/p-1/b22-21+;. The van der Waals surface area contributed by atoms with Crippen LogP contribution in [0.4, 0.5) is 21.6 Å². The lowest BCUT2D eigenvalue weighted by molar-refractivity contribution is -0.671. The van der Waals surface area contributed by atoms with E-state index in [4.69, 9.17) is 17.3 Å². The number of aryl methyl sites for hydroxylation is 1. The van der Waals surface area contributed by atoms with Gasteiger partial charge in [-0.2, -0.15) is 10.2 Å². The monoisotopic (exact) mass is 380 g/mol. The maximum Gasteiger partial charge on any atom is 0.173 e. The number of nitrogens with zero attached hydrogens (tertiary/aromatic N) is 5. The minimum Gasteiger partial charge on any atom is -1.00 e. The summed E-state index contributed by atoms with van der Waals surface area (Å²) in [5.41, 5.74) is 7.99. The van der Waals surface area contributed by atoms with E-state index in [0.29, 0.717) is 23.7 Å². The number of hydrogen-bond donors (Lipinski definition) is 1. The summed E-state index contributed by atoms with van der Waals surface area (Å²) in [4.78, 5) is 0. The molecule has 0 aliphatic heterocycles. The third-order valence-electron chi connectivity index (χ3n) is 3.37. The molecule has 0 aliphatic rings. The number of nitrogen functional groups attached to an aromatic ring is 1. The van der Waals surface area contributed by atoms with Crippen molar-refractivity contribution in [2.75, 3.05) is 5.73 Å². The Hall–Kier alpha value is -2.51. The van der Waals surface area contributed by atoms with Gasteiger partial charge in [0.2, 0.25) is 0 Å². The summed E-state index contributed by atoms with van der Waals surface area (Å²) >= 11 is 5.71. The van der Waals surface area contributed by atoms with E-state index >= 15 is 0 Å². The van der Waals surface area contributed by atoms with Gasteiger partial charge < -0.3 is 18.1 Å². The molecule has 3 rings (SSSR count). The van der Waals surface area contributed by atoms with E-state index in [2.05, 4.69) is 15.3 Å². The number of hydrogen-bond acceptors (Lipinski definition) is 4. The number of nitrogens with two attached hydrogens (primary N) is 1. The number of anilines is 1. The summed E-state index contributed by atoms with van der Waals surface area (Å²) in [5.74, 6) is -0.0996. The molecule has 0 fully saturated rings. The second-order valence-electron chi connectivity index (χ2n) is 5.25. The molecule has 0 atom stereocenters. The van der Waals surface area contributed by atoms with Crippen LogP contribution in [0.15, 0.2) is 59.2 Å². The fourth-order valence-electron chi connectivity index (χ4n) is 2.16. The van der Waals surface area contributed by atoms with E-state index in [1.165, 1.54) is 24.4 Å². The van der Waals surface area contributed by atoms with Crippen LogP contribution >= 0.6 is 11.6 Å². The van der Waals surface area contributed by atoms with Gasteiger partial charge in [0.15, 0.2) is 12.4 Å². The second-order valence-corrected chi connectivity index (χ2v) is 5.66. The van der Waals surface area contributed by atoms with E-state index in [0.717, 1.165) is 5.56 Å². The summed E-state index contributed by atoms with van der Waals surface area (Å²) in [6, 6.07) is 8.05. The molecule has 0 unspecified atom stereocenters. The number of azo groups is 1. The lowest BCUT2D eigenvalue weighted by Crippen LogP contribution is -3.00. The van der Waals surface area contributed by atoms with Crippen LogP contribution in [0.25, 0.3) is 0 Å². The maximum atomic E-state index is 13.1. The van der Waals surface area contributed by atoms with E-state index in [1.807, 2.05) is 36.1 Å². The van der Waals surface area contributed by atoms with Crippen molar-refractivity contribution in [3.8, 4) is 0 Å². The Balaban J connectivity index is 0.00000225. The number of aromatic nitrogens is 3. The normalized spacial score (nSPS) is 10.8. The van der Waals surface area contributed by atoms with Crippen molar-refractivity contribution >= 4 is 28.8 Å². The molecule has 2 N–H and O–H groups in total. The summed E-state index contributed by atoms with van der Waals surface area (Å²) in [7, 11) is 1.95. The average molecular weight is 381 g/mol. The largest absolute Gasteiger partial charge is 1.00 e. The second kappa shape index (κ2) is 8.04. The first-order valence-corrected chi connectivity index (χ1v) is 7.53. The van der Waals surface area contributed by atoms with Crippen LogP contribution in [0.5, 0.6) is 0 Å². The van der Waals surface area contributed by atoms with Crippen molar-refractivity contribution < 1.29 is 21.4 Å². The van der Waals surface area contributed by atoms with Crippen molar-refractivity contribution in [2.45, 2.75) is 6.54 Å². The number of pyridine rings is 1. The lowest BCUT2D eigenvalue weighted by Gasteiger charge is -2.03. The molecule has 2 aromatic heterocycles. The predicted molar refractivity (Wildman–Crippen MR) is 88.9 cm³/mol. The minimum atomic E-state index is -0.501. The first-order chi connectivity index (χ1) is 11.5. The quantitative estimate of drug-likeness (QED) is 0.530. The molecule has 25 heavy (non-hydrogen) atoms. The Labute approximate surface area is 155 Å². The molecule has 0 radical (unpaired) electrons. The Morgan fingerprint density at radius 1 is 1.32 bits per heavy atom. The zero-order valence-corrected chi connectivity index (χ0v) is 14.8. The summed E-state index contributed by atoms with van der Waals surface area (Å²) in [6.45, 7) is 0.526. The van der Waals surface area contributed by atoms with Gasteiger partial charge in [0.05, 0.1) is 23.5 Å². The number of benzene rings is 1. The fraction of sp³-hybridized carbons (Fsp3) is 0.125. The molecular weight excluding hydrogens is 366 g/mol. The maximum absolute atomic E-state index is 13.1. The third-order valence-corrected chi connectivity index (χ3v) is 3.66. The van der Waals surface area contributed by atoms with Crippen LogP contribution in [0.1, 0.15) is 5.56 Å². The Bertz CT molecular complexity index is 909. The van der Waals surface area contributed by atoms with Crippen molar-refractivity contribution in [3.05, 3.63) is 65.3 Å². The smallest absolute Gasteiger partial charge is 0.173 e. The van der Waals surface area contributed by atoms with Crippen LogP contribution in [0, 0.1) is 5.82 Å². The summed E-state index contributed by atoms with van der Waals surface area (Å²) in [5, 5.41) is 12.3. The molecule has 9 heteroatoms. The van der Waals surface area contributed by atoms with Crippen LogP contribution in [0.3, 0.4) is 0 Å². The molecule has 0 bridgehead atoms. The van der Waals surface area contributed by atoms with Crippen LogP contribution in [-0.2, 0) is 13.6 Å². The highest BCUT2D eigenvalue weighted by Crippen LogP contribution is 2.26. The van der Waals surface area contributed by atoms with E-state index in [-0.39, 0.29) is 17.4 Å². The fourth-order valence-corrected chi connectivity index (χ4v) is 2.34. The molecule has 0 saturated heterocycles. The van der Waals surface area contributed by atoms with Crippen molar-refractivity contribution in [1.82, 2.24) is 9.78 Å². The SMILES string of the molecule is C[n+]1cccc(Cn2ncc(/N=N/c3ccc(F)c(Cl)c3)c2N)c1.[Cl-]. The zero-order valence-electron chi connectivity index (χ0n) is 13.3. The molecule has 2 heterocycles. The van der Waals surface area contributed by atoms with E-state index in [1.54, 1.807) is 4.68 Å². The van der Waals surface area contributed by atoms with Crippen molar-refractivity contribution in [1.29, 1.82) is 0 Å². The Morgan fingerprint density at radius 2 is 2.12 bits per heavy atom. The minimum absolute atomic E-state index is 0. The average Bonchev–Trinajstić information content (AvgIpc) is 2.89. The highest BCUT2D eigenvalue weighted by Gasteiger charge is 2.09. The number of halogens is 3. The molecular formula is C16H15Cl2FN6. The van der Waals surface area contributed by atoms with Gasteiger partial charge in [0, 0.05) is 11.6 Å². The van der Waals surface area contributed by atoms with Crippen molar-refractivity contribution in [2.24, 2.45) is 17.3 Å². The molecule has 0 saturated carbocycles. The molecule has 0 aliphatic carbocycles. The van der Waals surface area contributed by atoms with Crippen molar-refractivity contribution in [3.63, 3.8) is 0 Å². The van der Waals surface area contributed by atoms with E-state index < -0.39 is 5.82 Å². The van der Waals surface area contributed by atoms with Crippen LogP contribution < -0.4 is 22.7 Å². The molecule has 3 aromatic rings. The summed E-state index contributed by atoms with van der Waals surface area (Å²) in [6.07, 6.45) is 5.47. The highest BCUT2D eigenvalue weighted by molar-refractivity contribution is 6.30. The Kier molecular flexibility index (Phi) is 6.06. The van der Waals surface area contributed by atoms with Crippen LogP contribution in [0.2, 0.25) is 5.02 Å². The van der Waals surface area contributed by atoms with Gasteiger partial charge in [0.1, 0.15) is 24.4 Å². The number of rotatable bonds is 4. The Morgan fingerprint density at radius 3 is 2.84 bits per heavy atom. The topological polar surface area (TPSA) is 72.4 Å². The molecule has 0 spiro atoms. The van der Waals surface area contributed by atoms with Crippen LogP contribution in [-0.4, -0.2) is 9.78 Å². The van der Waals surface area contributed by atoms with Gasteiger partial charge in [-0.05, 0) is 24.3 Å². The first kappa shape index (κ1) is 18.8. The van der Waals surface area contributed by atoms with Gasteiger partial charge in [-0.1, -0.05) is 11.6 Å².